The Bertz CT molecular complexity index is 448. The molecule has 0 aromatic carbocycles. The van der Waals surface area contributed by atoms with Crippen LogP contribution in [0.1, 0.15) is 25.6 Å². The number of nitrogens with zero attached hydrogens (tertiary/aromatic N) is 2. The second-order valence-electron chi connectivity index (χ2n) is 4.13. The van der Waals surface area contributed by atoms with Crippen LogP contribution in [0.15, 0.2) is 11.2 Å². The van der Waals surface area contributed by atoms with Crippen LogP contribution >= 0.6 is 0 Å². The third kappa shape index (κ3) is 3.79. The zero-order valence-corrected chi connectivity index (χ0v) is 11.2. The van der Waals surface area contributed by atoms with Crippen molar-refractivity contribution in [3.05, 3.63) is 12.0 Å². The van der Waals surface area contributed by atoms with Crippen molar-refractivity contribution in [3.8, 4) is 0 Å². The predicted octanol–water partition coefficient (Wildman–Crippen LogP) is 0.168. The summed E-state index contributed by atoms with van der Waals surface area (Å²) in [5.74, 6) is 0.647. The van der Waals surface area contributed by atoms with Crippen molar-refractivity contribution in [3.63, 3.8) is 0 Å². The lowest BCUT2D eigenvalue weighted by Crippen LogP contribution is -2.33. The van der Waals surface area contributed by atoms with E-state index in [1.807, 2.05) is 0 Å². The minimum Gasteiger partial charge on any atom is -0.396 e. The fourth-order valence-corrected chi connectivity index (χ4v) is 2.75. The summed E-state index contributed by atoms with van der Waals surface area (Å²) in [7, 11) is -1.81. The zero-order chi connectivity index (χ0) is 13.1. The van der Waals surface area contributed by atoms with Gasteiger partial charge in [0.15, 0.2) is 5.03 Å². The quantitative estimate of drug-likeness (QED) is 0.764. The largest absolute Gasteiger partial charge is 0.396 e. The molecule has 0 aliphatic carbocycles. The van der Waals surface area contributed by atoms with Gasteiger partial charge in [-0.15, -0.1) is 0 Å². The van der Waals surface area contributed by atoms with E-state index in [1.165, 1.54) is 6.20 Å². The number of imidazole rings is 1. The van der Waals surface area contributed by atoms with Gasteiger partial charge in [-0.25, -0.2) is 18.1 Å². The van der Waals surface area contributed by atoms with E-state index in [1.54, 1.807) is 25.5 Å². The smallest absolute Gasteiger partial charge is 0.259 e. The Balaban J connectivity index is 2.75. The van der Waals surface area contributed by atoms with Crippen LogP contribution in [-0.2, 0) is 17.1 Å². The molecule has 1 rings (SSSR count). The van der Waals surface area contributed by atoms with E-state index in [-0.39, 0.29) is 17.7 Å². The minimum absolute atomic E-state index is 0.0355. The number of hydrogen-bond donors (Lipinski definition) is 2. The summed E-state index contributed by atoms with van der Waals surface area (Å²) in [6.45, 7) is 3.58. The Morgan fingerprint density at radius 1 is 1.59 bits per heavy atom. The highest BCUT2D eigenvalue weighted by Gasteiger charge is 2.20. The first-order chi connectivity index (χ1) is 7.86. The Hall–Kier alpha value is -0.920. The van der Waals surface area contributed by atoms with Crippen molar-refractivity contribution in [2.24, 2.45) is 7.05 Å². The van der Waals surface area contributed by atoms with Crippen LogP contribution in [0.25, 0.3) is 0 Å². The normalized spacial score (nSPS) is 13.9. The number of nitrogens with one attached hydrogen (secondary N) is 1. The van der Waals surface area contributed by atoms with Gasteiger partial charge in [0.05, 0.1) is 0 Å². The molecule has 0 spiro atoms. The van der Waals surface area contributed by atoms with E-state index in [0.29, 0.717) is 18.7 Å². The third-order valence-corrected chi connectivity index (χ3v) is 3.97. The van der Waals surface area contributed by atoms with Gasteiger partial charge >= 0.3 is 0 Å². The molecular formula is C10H19N3O3S. The molecule has 0 aliphatic rings. The lowest BCUT2D eigenvalue weighted by Gasteiger charge is -2.11. The van der Waals surface area contributed by atoms with E-state index < -0.39 is 10.0 Å². The monoisotopic (exact) mass is 261 g/mol. The number of hydrogen-bond acceptors (Lipinski definition) is 4. The number of aliphatic hydroxyl groups excluding tert-OH is 1. The number of aliphatic hydroxyl groups is 1. The molecule has 7 heteroatoms. The Morgan fingerprint density at radius 3 is 2.71 bits per heavy atom. The minimum atomic E-state index is -3.56. The van der Waals surface area contributed by atoms with Crippen LogP contribution in [0.5, 0.6) is 0 Å². The van der Waals surface area contributed by atoms with Gasteiger partial charge in [-0.3, -0.25) is 0 Å². The molecule has 1 unspecified atom stereocenters. The molecule has 0 fully saturated rings. The first-order valence-electron chi connectivity index (χ1n) is 5.50. The van der Waals surface area contributed by atoms with Crippen molar-refractivity contribution >= 4 is 10.0 Å². The molecule has 1 atom stereocenters. The maximum Gasteiger partial charge on any atom is 0.259 e. The molecule has 1 aromatic rings. The highest BCUT2D eigenvalue weighted by molar-refractivity contribution is 7.89. The van der Waals surface area contributed by atoms with Crippen LogP contribution in [0.2, 0.25) is 0 Å². The summed E-state index contributed by atoms with van der Waals surface area (Å²) in [6, 6.07) is -0.213. The topological polar surface area (TPSA) is 84.2 Å². The molecule has 1 aromatic heterocycles. The highest BCUT2D eigenvalue weighted by Crippen LogP contribution is 2.09. The molecular weight excluding hydrogens is 242 g/mol. The molecule has 0 amide bonds. The summed E-state index contributed by atoms with van der Waals surface area (Å²) >= 11 is 0. The number of aryl methyl sites for hydroxylation is 2. The van der Waals surface area contributed by atoms with Crippen molar-refractivity contribution < 1.29 is 13.5 Å². The van der Waals surface area contributed by atoms with E-state index in [4.69, 9.17) is 5.11 Å². The summed E-state index contributed by atoms with van der Waals surface area (Å²) in [5, 5.41) is 8.71. The second-order valence-corrected chi connectivity index (χ2v) is 5.79. The third-order valence-electron chi connectivity index (χ3n) is 2.51. The summed E-state index contributed by atoms with van der Waals surface area (Å²) in [4.78, 5) is 3.98. The summed E-state index contributed by atoms with van der Waals surface area (Å²) in [5.41, 5.74) is 0. The molecule has 0 saturated heterocycles. The first-order valence-corrected chi connectivity index (χ1v) is 6.98. The average Bonchev–Trinajstić information content (AvgIpc) is 2.56. The maximum absolute atomic E-state index is 11.9. The molecule has 0 saturated carbocycles. The van der Waals surface area contributed by atoms with Crippen LogP contribution in [-0.4, -0.2) is 35.7 Å². The molecule has 1 heterocycles. The molecule has 0 aliphatic heterocycles. The lowest BCUT2D eigenvalue weighted by molar-refractivity contribution is 0.279. The van der Waals surface area contributed by atoms with E-state index in [9.17, 15) is 8.42 Å². The average molecular weight is 261 g/mol. The standard InChI is InChI=1S/C10H19N3O3S/c1-8(5-4-6-14)12-17(15,16)10-7-13(3)9(2)11-10/h7-8,12,14H,4-6H2,1-3H3. The van der Waals surface area contributed by atoms with Gasteiger partial charge in [0, 0.05) is 25.9 Å². The predicted molar refractivity (Wildman–Crippen MR) is 64.0 cm³/mol. The molecule has 2 N–H and O–H groups in total. The Kier molecular flexibility index (Phi) is 4.67. The second kappa shape index (κ2) is 5.61. The van der Waals surface area contributed by atoms with E-state index in [0.717, 1.165) is 0 Å². The van der Waals surface area contributed by atoms with Gasteiger partial charge in [-0.1, -0.05) is 0 Å². The fraction of sp³-hybridized carbons (Fsp3) is 0.700. The summed E-state index contributed by atoms with van der Waals surface area (Å²) < 4.78 is 28.0. The van der Waals surface area contributed by atoms with Gasteiger partial charge in [0.25, 0.3) is 10.0 Å². The number of rotatable bonds is 6. The van der Waals surface area contributed by atoms with Gasteiger partial charge in [0.1, 0.15) is 5.82 Å². The summed E-state index contributed by atoms with van der Waals surface area (Å²) in [6.07, 6.45) is 2.66. The van der Waals surface area contributed by atoms with E-state index >= 15 is 0 Å². The molecule has 17 heavy (non-hydrogen) atoms. The Labute approximate surface area is 102 Å². The lowest BCUT2D eigenvalue weighted by atomic mass is 10.2. The zero-order valence-electron chi connectivity index (χ0n) is 10.3. The van der Waals surface area contributed by atoms with Crippen LogP contribution in [0.4, 0.5) is 0 Å². The number of aromatic nitrogens is 2. The highest BCUT2D eigenvalue weighted by atomic mass is 32.2. The van der Waals surface area contributed by atoms with Crippen molar-refractivity contribution in [1.29, 1.82) is 0 Å². The molecule has 6 nitrogen and oxygen atoms in total. The molecule has 0 bridgehead atoms. The Morgan fingerprint density at radius 2 is 2.24 bits per heavy atom. The first kappa shape index (κ1) is 14.1. The molecule has 0 radical (unpaired) electrons. The van der Waals surface area contributed by atoms with Crippen molar-refractivity contribution in [1.82, 2.24) is 14.3 Å². The van der Waals surface area contributed by atoms with Crippen LogP contribution in [0.3, 0.4) is 0 Å². The van der Waals surface area contributed by atoms with Crippen molar-refractivity contribution in [2.75, 3.05) is 6.61 Å². The SMILES string of the molecule is Cc1nc(S(=O)(=O)NC(C)CCCO)cn1C. The van der Waals surface area contributed by atoms with Crippen LogP contribution < -0.4 is 4.72 Å². The maximum atomic E-state index is 11.9. The van der Waals surface area contributed by atoms with Crippen molar-refractivity contribution in [2.45, 2.75) is 37.8 Å². The van der Waals surface area contributed by atoms with Crippen LogP contribution in [0, 0.1) is 6.92 Å². The van der Waals surface area contributed by atoms with Gasteiger partial charge < -0.3 is 9.67 Å². The van der Waals surface area contributed by atoms with Gasteiger partial charge in [0.2, 0.25) is 0 Å². The van der Waals surface area contributed by atoms with Gasteiger partial charge in [-0.05, 0) is 26.7 Å². The fourth-order valence-electron chi connectivity index (χ4n) is 1.44. The number of sulfonamides is 1. The van der Waals surface area contributed by atoms with Gasteiger partial charge in [-0.2, -0.15) is 0 Å². The molecule has 98 valence electrons. The van der Waals surface area contributed by atoms with E-state index in [2.05, 4.69) is 9.71 Å².